The maximum absolute atomic E-state index is 9.27. The molecule has 0 aromatic carbocycles. The van der Waals surface area contributed by atoms with Crippen molar-refractivity contribution in [3.63, 3.8) is 0 Å². The number of nitrogens with two attached hydrogens (primary N) is 1. The number of hydrogen-bond acceptors (Lipinski definition) is 3. The van der Waals surface area contributed by atoms with Crippen LogP contribution in [0.3, 0.4) is 0 Å². The van der Waals surface area contributed by atoms with Gasteiger partial charge in [0.05, 0.1) is 6.10 Å². The van der Waals surface area contributed by atoms with Gasteiger partial charge in [0.15, 0.2) is 0 Å². The van der Waals surface area contributed by atoms with Gasteiger partial charge in [-0.15, -0.1) is 0 Å². The molecule has 0 bridgehead atoms. The van der Waals surface area contributed by atoms with Gasteiger partial charge < -0.3 is 15.7 Å². The number of hydrogen-bond donors (Lipinski definition) is 2. The Balaban J connectivity index is 1.82. The lowest BCUT2D eigenvalue weighted by molar-refractivity contribution is 0.162. The Hall–Kier alpha value is -0.120. The molecular weight excluding hydrogens is 188 g/mol. The third-order valence-electron chi connectivity index (χ3n) is 4.09. The molecule has 2 aliphatic rings. The topological polar surface area (TPSA) is 49.5 Å². The Labute approximate surface area is 92.6 Å². The molecular formula is C12H24N2O. The Morgan fingerprint density at radius 1 is 1.40 bits per heavy atom. The van der Waals surface area contributed by atoms with Crippen molar-refractivity contribution < 1.29 is 5.11 Å². The number of aliphatic hydroxyl groups excluding tert-OH is 1. The molecule has 2 rings (SSSR count). The third-order valence-corrected chi connectivity index (χ3v) is 4.09. The first kappa shape index (κ1) is 11.4. The summed E-state index contributed by atoms with van der Waals surface area (Å²) >= 11 is 0. The van der Waals surface area contributed by atoms with Crippen molar-refractivity contribution in [3.8, 4) is 0 Å². The first-order chi connectivity index (χ1) is 7.16. The molecule has 2 fully saturated rings. The number of likely N-dealkylation sites (tertiary alicyclic amines) is 1. The zero-order chi connectivity index (χ0) is 10.8. The Bertz CT molecular complexity index is 208. The Morgan fingerprint density at radius 3 is 2.87 bits per heavy atom. The highest BCUT2D eigenvalue weighted by Crippen LogP contribution is 2.35. The predicted octanol–water partition coefficient (Wildman–Crippen LogP) is 0.817. The molecule has 3 N–H and O–H groups in total. The van der Waals surface area contributed by atoms with Crippen LogP contribution in [0.25, 0.3) is 0 Å². The molecule has 1 saturated carbocycles. The van der Waals surface area contributed by atoms with Crippen LogP contribution in [-0.4, -0.2) is 41.8 Å². The second kappa shape index (κ2) is 4.81. The largest absolute Gasteiger partial charge is 0.393 e. The SMILES string of the molecule is CC(O)CCN1CC2CCCC(N)C2C1. The van der Waals surface area contributed by atoms with E-state index >= 15 is 0 Å². The van der Waals surface area contributed by atoms with Crippen molar-refractivity contribution in [3.05, 3.63) is 0 Å². The molecule has 0 aromatic rings. The van der Waals surface area contributed by atoms with Gasteiger partial charge in [0.25, 0.3) is 0 Å². The summed E-state index contributed by atoms with van der Waals surface area (Å²) in [5, 5.41) is 9.27. The van der Waals surface area contributed by atoms with Gasteiger partial charge in [0.2, 0.25) is 0 Å². The molecule has 0 spiro atoms. The molecule has 4 atom stereocenters. The van der Waals surface area contributed by atoms with Crippen LogP contribution < -0.4 is 5.73 Å². The summed E-state index contributed by atoms with van der Waals surface area (Å²) in [4.78, 5) is 2.49. The van der Waals surface area contributed by atoms with Gasteiger partial charge in [0, 0.05) is 25.7 Å². The van der Waals surface area contributed by atoms with Crippen LogP contribution in [0.2, 0.25) is 0 Å². The van der Waals surface area contributed by atoms with E-state index in [-0.39, 0.29) is 6.10 Å². The molecule has 0 amide bonds. The maximum atomic E-state index is 9.27. The fourth-order valence-corrected chi connectivity index (χ4v) is 3.16. The smallest absolute Gasteiger partial charge is 0.0524 e. The number of rotatable bonds is 3. The quantitative estimate of drug-likeness (QED) is 0.728. The van der Waals surface area contributed by atoms with Crippen LogP contribution in [0.4, 0.5) is 0 Å². The first-order valence-corrected chi connectivity index (χ1v) is 6.33. The number of fused-ring (bicyclic) bond motifs is 1. The van der Waals surface area contributed by atoms with E-state index in [0.717, 1.165) is 24.8 Å². The molecule has 1 saturated heterocycles. The molecule has 0 radical (unpaired) electrons. The summed E-state index contributed by atoms with van der Waals surface area (Å²) in [5.74, 6) is 1.57. The minimum atomic E-state index is -0.165. The second-order valence-electron chi connectivity index (χ2n) is 5.42. The van der Waals surface area contributed by atoms with E-state index in [1.165, 1.54) is 32.4 Å². The summed E-state index contributed by atoms with van der Waals surface area (Å²) in [6.45, 7) is 5.29. The summed E-state index contributed by atoms with van der Waals surface area (Å²) in [5.41, 5.74) is 6.16. The van der Waals surface area contributed by atoms with Crippen molar-refractivity contribution in [2.24, 2.45) is 17.6 Å². The van der Waals surface area contributed by atoms with Crippen molar-refractivity contribution in [1.29, 1.82) is 0 Å². The molecule has 3 nitrogen and oxygen atoms in total. The minimum Gasteiger partial charge on any atom is -0.393 e. The average Bonchev–Trinajstić information content (AvgIpc) is 2.59. The van der Waals surface area contributed by atoms with E-state index in [9.17, 15) is 5.11 Å². The van der Waals surface area contributed by atoms with Gasteiger partial charge in [-0.2, -0.15) is 0 Å². The van der Waals surface area contributed by atoms with E-state index in [4.69, 9.17) is 5.73 Å². The van der Waals surface area contributed by atoms with Gasteiger partial charge in [-0.1, -0.05) is 6.42 Å². The average molecular weight is 212 g/mol. The normalized spacial score (nSPS) is 39.0. The van der Waals surface area contributed by atoms with E-state index in [1.807, 2.05) is 6.92 Å². The van der Waals surface area contributed by atoms with Gasteiger partial charge in [-0.25, -0.2) is 0 Å². The van der Waals surface area contributed by atoms with Crippen molar-refractivity contribution in [1.82, 2.24) is 4.90 Å². The minimum absolute atomic E-state index is 0.165. The van der Waals surface area contributed by atoms with E-state index in [1.54, 1.807) is 0 Å². The van der Waals surface area contributed by atoms with Gasteiger partial charge in [-0.3, -0.25) is 0 Å². The van der Waals surface area contributed by atoms with E-state index in [0.29, 0.717) is 6.04 Å². The van der Waals surface area contributed by atoms with Gasteiger partial charge in [-0.05, 0) is 38.0 Å². The first-order valence-electron chi connectivity index (χ1n) is 6.33. The highest BCUT2D eigenvalue weighted by molar-refractivity contribution is 4.93. The molecule has 1 aliphatic heterocycles. The number of aliphatic hydroxyl groups is 1. The molecule has 1 aliphatic carbocycles. The van der Waals surface area contributed by atoms with Crippen LogP contribution >= 0.6 is 0 Å². The Morgan fingerprint density at radius 2 is 2.20 bits per heavy atom. The monoisotopic (exact) mass is 212 g/mol. The lowest BCUT2D eigenvalue weighted by atomic mass is 9.78. The van der Waals surface area contributed by atoms with Crippen molar-refractivity contribution in [2.45, 2.75) is 44.8 Å². The van der Waals surface area contributed by atoms with Crippen LogP contribution in [0.5, 0.6) is 0 Å². The van der Waals surface area contributed by atoms with Crippen LogP contribution in [-0.2, 0) is 0 Å². The van der Waals surface area contributed by atoms with Crippen LogP contribution in [0.1, 0.15) is 32.6 Å². The molecule has 4 unspecified atom stereocenters. The summed E-state index contributed by atoms with van der Waals surface area (Å²) in [7, 11) is 0. The molecule has 3 heteroatoms. The standard InChI is InChI=1S/C12H24N2O/c1-9(15)5-6-14-7-10-3-2-4-12(13)11(10)8-14/h9-12,15H,2-8,13H2,1H3. The zero-order valence-electron chi connectivity index (χ0n) is 9.73. The van der Waals surface area contributed by atoms with E-state index in [2.05, 4.69) is 4.90 Å². The predicted molar refractivity (Wildman–Crippen MR) is 61.5 cm³/mol. The van der Waals surface area contributed by atoms with Crippen molar-refractivity contribution in [2.75, 3.05) is 19.6 Å². The molecule has 0 aromatic heterocycles. The summed E-state index contributed by atoms with van der Waals surface area (Å²) in [6.07, 6.45) is 4.62. The maximum Gasteiger partial charge on any atom is 0.0524 e. The van der Waals surface area contributed by atoms with Gasteiger partial charge >= 0.3 is 0 Å². The Kier molecular flexibility index (Phi) is 3.65. The van der Waals surface area contributed by atoms with Crippen LogP contribution in [0.15, 0.2) is 0 Å². The summed E-state index contributed by atoms with van der Waals surface area (Å²) in [6, 6.07) is 0.431. The fourth-order valence-electron chi connectivity index (χ4n) is 3.16. The van der Waals surface area contributed by atoms with E-state index < -0.39 is 0 Å². The fraction of sp³-hybridized carbons (Fsp3) is 1.00. The second-order valence-corrected chi connectivity index (χ2v) is 5.42. The number of nitrogens with zero attached hydrogens (tertiary/aromatic N) is 1. The van der Waals surface area contributed by atoms with Gasteiger partial charge in [0.1, 0.15) is 0 Å². The lowest BCUT2D eigenvalue weighted by Gasteiger charge is -2.29. The highest BCUT2D eigenvalue weighted by Gasteiger charge is 2.38. The zero-order valence-corrected chi connectivity index (χ0v) is 9.73. The molecule has 88 valence electrons. The molecule has 15 heavy (non-hydrogen) atoms. The highest BCUT2D eigenvalue weighted by atomic mass is 16.3. The summed E-state index contributed by atoms with van der Waals surface area (Å²) < 4.78 is 0. The van der Waals surface area contributed by atoms with Crippen LogP contribution in [0, 0.1) is 11.8 Å². The third kappa shape index (κ3) is 2.71. The molecule has 1 heterocycles. The lowest BCUT2D eigenvalue weighted by Crippen LogP contribution is -2.38. The van der Waals surface area contributed by atoms with Crippen molar-refractivity contribution >= 4 is 0 Å².